The predicted molar refractivity (Wildman–Crippen MR) is 323 cm³/mol. The van der Waals surface area contributed by atoms with Crippen LogP contribution in [-0.2, 0) is 76.6 Å². The Morgan fingerprint density at radius 3 is 1.75 bits per heavy atom. The van der Waals surface area contributed by atoms with Crippen LogP contribution in [0.4, 0.5) is 0 Å². The smallest absolute Gasteiger partial charge is 0.330 e. The summed E-state index contributed by atoms with van der Waals surface area (Å²) in [4.78, 5) is 79.8. The van der Waals surface area contributed by atoms with E-state index in [4.69, 9.17) is 61.3 Å². The Bertz CT molecular complexity index is 2870. The minimum absolute atomic E-state index is 0.0234. The molecule has 0 unspecified atom stereocenters. The van der Waals surface area contributed by atoms with Gasteiger partial charge in [-0.05, 0) is 64.5 Å². The molecule has 3 heterocycles. The van der Waals surface area contributed by atoms with Gasteiger partial charge in [-0.15, -0.1) is 0 Å². The second-order valence-corrected chi connectivity index (χ2v) is 28.3. The quantitative estimate of drug-likeness (QED) is 0.0173. The molecule has 4 aromatic rings. The third-order valence-electron chi connectivity index (χ3n) is 15.7. The summed E-state index contributed by atoms with van der Waals surface area (Å²) in [6.07, 6.45) is -4.20. The Morgan fingerprint density at radius 1 is 0.701 bits per heavy atom. The summed E-state index contributed by atoms with van der Waals surface area (Å²) in [5.41, 5.74) is -0.0534. The second-order valence-electron chi connectivity index (χ2n) is 22.8. The minimum Gasteiger partial charge on any atom is -0.497 e. The number of aromatic amines is 1. The topological polar surface area (TPSA) is 258 Å². The zero-order valence-electron chi connectivity index (χ0n) is 52.6. The number of hydrogen-bond acceptors (Lipinski definition) is 20. The molecule has 0 saturated carbocycles. The molecule has 0 radical (unpaired) electrons. The molecule has 2 aliphatic rings. The SMILES string of the molecule is COc1ccc(C(OC[C@]2(CO[Si](C(C)C)(C(C)C)C(C)C)CN(CCOCCOCCOCCO[C@@H]3O[C@H](COC(C)=O)[C@H](OC(C)=O)[C@H](OC(C)=O)[C@H]3NC(C)=O)C[C@H](n3cc(C)c(=O)[nH]c3=O)O2)(c2ccccc2)c2ccc(OC)cc2)cc1. The minimum atomic E-state index is -2.60. The van der Waals surface area contributed by atoms with Gasteiger partial charge < -0.3 is 66.6 Å². The highest BCUT2D eigenvalue weighted by atomic mass is 28.4. The van der Waals surface area contributed by atoms with Crippen molar-refractivity contribution in [1.29, 1.82) is 0 Å². The lowest BCUT2D eigenvalue weighted by Gasteiger charge is -2.50. The van der Waals surface area contributed by atoms with Crippen molar-refractivity contribution in [2.45, 2.75) is 141 Å². The number of nitrogens with zero attached hydrogens (tertiary/aromatic N) is 2. The molecule has 2 fully saturated rings. The zero-order chi connectivity index (χ0) is 63.5. The Labute approximate surface area is 510 Å². The van der Waals surface area contributed by atoms with Gasteiger partial charge in [-0.3, -0.25) is 38.4 Å². The molecule has 2 saturated heterocycles. The Hall–Kier alpha value is -6.32. The van der Waals surface area contributed by atoms with Crippen LogP contribution in [0.15, 0.2) is 94.6 Å². The molecule has 6 rings (SSSR count). The number of carbonyl (C=O) groups is 4. The third kappa shape index (κ3) is 18.4. The third-order valence-corrected chi connectivity index (χ3v) is 21.7. The summed E-state index contributed by atoms with van der Waals surface area (Å²) < 4.78 is 81.3. The van der Waals surface area contributed by atoms with Crippen molar-refractivity contribution >= 4 is 32.1 Å². The molecule has 0 aliphatic carbocycles. The van der Waals surface area contributed by atoms with Crippen molar-refractivity contribution in [1.82, 2.24) is 19.8 Å². The number of H-pyrrole nitrogens is 1. The molecule has 2 aliphatic heterocycles. The monoisotopic (exact) mass is 1230 g/mol. The number of methoxy groups -OCH3 is 2. The molecule has 87 heavy (non-hydrogen) atoms. The Morgan fingerprint density at radius 2 is 1.23 bits per heavy atom. The molecular weight excluding hydrogens is 1140 g/mol. The van der Waals surface area contributed by atoms with E-state index in [9.17, 15) is 28.8 Å². The number of nitrogens with one attached hydrogen (secondary N) is 2. The highest BCUT2D eigenvalue weighted by Gasteiger charge is 2.53. The molecule has 1 aromatic heterocycles. The molecule has 23 nitrogen and oxygen atoms in total. The van der Waals surface area contributed by atoms with Crippen LogP contribution in [0, 0.1) is 6.92 Å². The summed E-state index contributed by atoms with van der Waals surface area (Å²) in [5, 5.41) is 2.67. The number of carbonyl (C=O) groups excluding carboxylic acids is 4. The van der Waals surface area contributed by atoms with Gasteiger partial charge in [0, 0.05) is 59.1 Å². The van der Waals surface area contributed by atoms with E-state index >= 15 is 0 Å². The van der Waals surface area contributed by atoms with Gasteiger partial charge in [0.05, 0.1) is 73.7 Å². The molecule has 24 heteroatoms. The van der Waals surface area contributed by atoms with Crippen molar-refractivity contribution in [3.8, 4) is 11.5 Å². The predicted octanol–water partition coefficient (Wildman–Crippen LogP) is 6.36. The molecular formula is C63H90N4O19Si. The van der Waals surface area contributed by atoms with Gasteiger partial charge in [-0.2, -0.15) is 0 Å². The van der Waals surface area contributed by atoms with E-state index in [0.29, 0.717) is 30.2 Å². The lowest BCUT2D eigenvalue weighted by atomic mass is 9.79. The lowest BCUT2D eigenvalue weighted by molar-refractivity contribution is -0.279. The van der Waals surface area contributed by atoms with Crippen LogP contribution in [0.25, 0.3) is 0 Å². The maximum atomic E-state index is 13.9. The maximum absolute atomic E-state index is 13.9. The first-order chi connectivity index (χ1) is 41.5. The van der Waals surface area contributed by atoms with Crippen molar-refractivity contribution in [2.24, 2.45) is 0 Å². The summed E-state index contributed by atoms with van der Waals surface area (Å²) >= 11 is 0. The fraction of sp³-hybridized carbons (Fsp3) is 0.587. The number of rotatable bonds is 33. The van der Waals surface area contributed by atoms with E-state index < -0.39 is 91.5 Å². The highest BCUT2D eigenvalue weighted by molar-refractivity contribution is 6.77. The molecule has 3 aromatic carbocycles. The van der Waals surface area contributed by atoms with Crippen LogP contribution in [0.1, 0.15) is 97.7 Å². The summed E-state index contributed by atoms with van der Waals surface area (Å²) in [7, 11) is 0.655. The molecule has 0 spiro atoms. The summed E-state index contributed by atoms with van der Waals surface area (Å²) in [5.74, 6) is -1.21. The normalized spacial score (nSPS) is 21.0. The van der Waals surface area contributed by atoms with Crippen LogP contribution in [0.3, 0.4) is 0 Å². The maximum Gasteiger partial charge on any atom is 0.330 e. The van der Waals surface area contributed by atoms with Gasteiger partial charge in [-0.1, -0.05) is 96.1 Å². The average Bonchev–Trinajstić information content (AvgIpc) is 1.14. The van der Waals surface area contributed by atoms with Gasteiger partial charge in [0.25, 0.3) is 5.56 Å². The van der Waals surface area contributed by atoms with Gasteiger partial charge in [0.15, 0.2) is 33.0 Å². The van der Waals surface area contributed by atoms with Crippen LogP contribution in [0.5, 0.6) is 11.5 Å². The number of amides is 1. The van der Waals surface area contributed by atoms with E-state index in [1.807, 2.05) is 78.9 Å². The number of ether oxygens (including phenoxy) is 12. The van der Waals surface area contributed by atoms with E-state index in [2.05, 4.69) is 56.7 Å². The van der Waals surface area contributed by atoms with E-state index in [1.165, 1.54) is 24.6 Å². The van der Waals surface area contributed by atoms with Crippen LogP contribution in [0.2, 0.25) is 16.6 Å². The number of esters is 3. The summed E-state index contributed by atoms with van der Waals surface area (Å²) in [6, 6.07) is 24.5. The molecule has 1 amide bonds. The first kappa shape index (κ1) is 69.8. The molecule has 7 atom stereocenters. The van der Waals surface area contributed by atoms with E-state index in [0.717, 1.165) is 30.5 Å². The molecule has 480 valence electrons. The van der Waals surface area contributed by atoms with Crippen molar-refractivity contribution < 1.29 is 80.4 Å². The number of aromatic nitrogens is 2. The first-order valence-electron chi connectivity index (χ1n) is 29.6. The fourth-order valence-corrected chi connectivity index (χ4v) is 17.3. The largest absolute Gasteiger partial charge is 0.497 e. The molecule has 2 N–H and O–H groups in total. The first-order valence-corrected chi connectivity index (χ1v) is 31.7. The van der Waals surface area contributed by atoms with E-state index in [-0.39, 0.29) is 89.2 Å². The van der Waals surface area contributed by atoms with Gasteiger partial charge >= 0.3 is 23.6 Å². The fourth-order valence-electron chi connectivity index (χ4n) is 11.8. The standard InChI is InChI=1S/C63H90N4O19Si/c1-41(2)87(42(3)4,43(5)6)82-40-62(39-81-63(49-17-15-14-16-18-49,50-19-23-52(74-12)24-20-50)51-21-25-53(75-13)26-22-51)38-66(36-55(86-62)67-35-44(7)59(72)65-61(67)73)27-28-76-29-30-77-31-32-78-33-34-79-60-56(64-45(8)68)58(84-48(11)71)57(83-47(10)70)54(85-60)37-80-46(9)69/h14-26,35,41-43,54-58,60H,27-34,36-40H2,1-13H3,(H,64,68)(H,65,72,73)/t54-,55-,56-,57+,58-,60-,62+/m1/s1. The van der Waals surface area contributed by atoms with Crippen LogP contribution >= 0.6 is 0 Å². The van der Waals surface area contributed by atoms with Crippen molar-refractivity contribution in [3.05, 3.63) is 128 Å². The van der Waals surface area contributed by atoms with Gasteiger partial charge in [0.1, 0.15) is 41.5 Å². The average molecular weight is 1240 g/mol. The van der Waals surface area contributed by atoms with Crippen LogP contribution < -0.4 is 26.0 Å². The zero-order valence-corrected chi connectivity index (χ0v) is 53.6. The van der Waals surface area contributed by atoms with E-state index in [1.54, 1.807) is 21.1 Å². The van der Waals surface area contributed by atoms with Gasteiger partial charge in [0.2, 0.25) is 5.91 Å². The van der Waals surface area contributed by atoms with Gasteiger partial charge in [-0.25, -0.2) is 4.79 Å². The number of benzene rings is 3. The Kier molecular flexibility index (Phi) is 26.3. The highest BCUT2D eigenvalue weighted by Crippen LogP contribution is 2.46. The lowest BCUT2D eigenvalue weighted by Crippen LogP contribution is -2.66. The number of aryl methyl sites for hydroxylation is 1. The number of morpholine rings is 1. The van der Waals surface area contributed by atoms with Crippen molar-refractivity contribution in [3.63, 3.8) is 0 Å². The summed E-state index contributed by atoms with van der Waals surface area (Å²) in [6.45, 7) is 21.7. The number of hydrogen-bond donors (Lipinski definition) is 2. The molecule has 0 bridgehead atoms. The van der Waals surface area contributed by atoms with Crippen molar-refractivity contribution in [2.75, 3.05) is 99.9 Å². The Balaban J connectivity index is 1.18. The van der Waals surface area contributed by atoms with Crippen LogP contribution in [-0.4, -0.2) is 183 Å². The second kappa shape index (κ2) is 32.8.